The van der Waals surface area contributed by atoms with Crippen LogP contribution in [0.1, 0.15) is 20.3 Å². The first-order valence-corrected chi connectivity index (χ1v) is 6.88. The lowest BCUT2D eigenvalue weighted by Gasteiger charge is -2.19. The average molecular weight is 282 g/mol. The second-order valence-corrected chi connectivity index (χ2v) is 5.24. The predicted octanol–water partition coefficient (Wildman–Crippen LogP) is 1.09. The maximum atomic E-state index is 5.55. The van der Waals surface area contributed by atoms with Crippen molar-refractivity contribution in [2.75, 3.05) is 51.5 Å². The Hall–Kier alpha value is -1.63. The van der Waals surface area contributed by atoms with Crippen LogP contribution in [0.25, 0.3) is 0 Å². The van der Waals surface area contributed by atoms with E-state index in [9.17, 15) is 0 Å². The molecule has 1 rings (SSSR count). The molecule has 1 aromatic heterocycles. The lowest BCUT2D eigenvalue weighted by atomic mass is 10.4. The van der Waals surface area contributed by atoms with Gasteiger partial charge in [0.2, 0.25) is 11.9 Å². The van der Waals surface area contributed by atoms with Gasteiger partial charge in [0.15, 0.2) is 0 Å². The molecule has 1 heterocycles. The number of ether oxygens (including phenoxy) is 1. The zero-order chi connectivity index (χ0) is 15.1. The molecule has 0 atom stereocenters. The van der Waals surface area contributed by atoms with Crippen molar-refractivity contribution in [1.29, 1.82) is 0 Å². The largest absolute Gasteiger partial charge is 0.461 e. The molecule has 1 aromatic rings. The number of aromatic nitrogens is 3. The van der Waals surface area contributed by atoms with Crippen LogP contribution < -0.4 is 15.0 Å². The second kappa shape index (κ2) is 7.84. The van der Waals surface area contributed by atoms with Gasteiger partial charge in [-0.05, 0) is 40.9 Å². The van der Waals surface area contributed by atoms with E-state index in [4.69, 9.17) is 4.74 Å². The minimum atomic E-state index is 0.0361. The summed E-state index contributed by atoms with van der Waals surface area (Å²) in [5.74, 6) is 1.14. The Bertz CT molecular complexity index is 410. The molecular formula is C13H26N6O. The van der Waals surface area contributed by atoms with Gasteiger partial charge in [-0.15, -0.1) is 0 Å². The average Bonchev–Trinajstić information content (AvgIpc) is 2.36. The second-order valence-electron chi connectivity index (χ2n) is 5.24. The molecule has 0 amide bonds. The zero-order valence-electron chi connectivity index (χ0n) is 13.3. The van der Waals surface area contributed by atoms with Gasteiger partial charge in [-0.3, -0.25) is 0 Å². The van der Waals surface area contributed by atoms with Crippen LogP contribution >= 0.6 is 0 Å². The molecule has 0 aliphatic carbocycles. The van der Waals surface area contributed by atoms with E-state index in [1.54, 1.807) is 7.05 Å². The van der Waals surface area contributed by atoms with Crippen LogP contribution in [0.4, 0.5) is 11.9 Å². The normalized spacial score (nSPS) is 11.0. The van der Waals surface area contributed by atoms with Gasteiger partial charge in [0.25, 0.3) is 0 Å². The summed E-state index contributed by atoms with van der Waals surface area (Å²) >= 11 is 0. The highest BCUT2D eigenvalue weighted by Crippen LogP contribution is 2.15. The fourth-order valence-corrected chi connectivity index (χ4v) is 1.62. The van der Waals surface area contributed by atoms with E-state index in [1.165, 1.54) is 0 Å². The van der Waals surface area contributed by atoms with Gasteiger partial charge >= 0.3 is 6.01 Å². The molecule has 0 unspecified atom stereocenters. The monoisotopic (exact) mass is 282 g/mol. The van der Waals surface area contributed by atoms with Crippen LogP contribution in [0, 0.1) is 0 Å². The third-order valence-electron chi connectivity index (χ3n) is 2.61. The van der Waals surface area contributed by atoms with Gasteiger partial charge < -0.3 is 19.9 Å². The quantitative estimate of drug-likeness (QED) is 0.765. The number of rotatable bonds is 8. The smallest absolute Gasteiger partial charge is 0.323 e. The van der Waals surface area contributed by atoms with Gasteiger partial charge in [-0.1, -0.05) is 0 Å². The third-order valence-corrected chi connectivity index (χ3v) is 2.61. The summed E-state index contributed by atoms with van der Waals surface area (Å²) in [5, 5.41) is 2.93. The van der Waals surface area contributed by atoms with Gasteiger partial charge in [0.1, 0.15) is 0 Å². The minimum absolute atomic E-state index is 0.0361. The topological polar surface area (TPSA) is 66.4 Å². The van der Waals surface area contributed by atoms with Crippen LogP contribution in [0.5, 0.6) is 6.01 Å². The van der Waals surface area contributed by atoms with E-state index in [-0.39, 0.29) is 6.10 Å². The number of hydrogen-bond acceptors (Lipinski definition) is 7. The number of hydrogen-bond donors (Lipinski definition) is 1. The van der Waals surface area contributed by atoms with Gasteiger partial charge in [0.05, 0.1) is 6.10 Å². The molecular weight excluding hydrogens is 256 g/mol. The summed E-state index contributed by atoms with van der Waals surface area (Å²) < 4.78 is 5.55. The highest BCUT2D eigenvalue weighted by Gasteiger charge is 2.11. The fraction of sp³-hybridized carbons (Fsp3) is 0.769. The van der Waals surface area contributed by atoms with Crippen LogP contribution in [0.15, 0.2) is 0 Å². The molecule has 0 aliphatic heterocycles. The van der Waals surface area contributed by atoms with E-state index in [2.05, 4.69) is 39.3 Å². The summed E-state index contributed by atoms with van der Waals surface area (Å²) in [7, 11) is 7.89. The van der Waals surface area contributed by atoms with Crippen LogP contribution in [0.2, 0.25) is 0 Å². The Labute approximate surface area is 121 Å². The lowest BCUT2D eigenvalue weighted by Crippen LogP contribution is -2.25. The molecule has 0 fully saturated rings. The minimum Gasteiger partial charge on any atom is -0.461 e. The van der Waals surface area contributed by atoms with Crippen molar-refractivity contribution in [3.8, 4) is 6.01 Å². The predicted molar refractivity (Wildman–Crippen MR) is 81.6 cm³/mol. The Morgan fingerprint density at radius 2 is 1.80 bits per heavy atom. The Kier molecular flexibility index (Phi) is 6.44. The van der Waals surface area contributed by atoms with E-state index >= 15 is 0 Å². The zero-order valence-corrected chi connectivity index (χ0v) is 13.3. The summed E-state index contributed by atoms with van der Waals surface area (Å²) in [5.41, 5.74) is 0. The molecule has 7 nitrogen and oxygen atoms in total. The molecule has 0 saturated carbocycles. The third kappa shape index (κ3) is 5.56. The summed E-state index contributed by atoms with van der Waals surface area (Å²) in [6.07, 6.45) is 1.08. The lowest BCUT2D eigenvalue weighted by molar-refractivity contribution is 0.222. The SMILES string of the molecule is CNc1nc(OC(C)C)nc(N(C)CCCN(C)C)n1. The van der Waals surface area contributed by atoms with Crippen molar-refractivity contribution in [3.05, 3.63) is 0 Å². The molecule has 114 valence electrons. The van der Waals surface area contributed by atoms with E-state index in [1.807, 2.05) is 25.8 Å². The van der Waals surface area contributed by atoms with Gasteiger partial charge in [-0.25, -0.2) is 0 Å². The molecule has 1 N–H and O–H groups in total. The van der Waals surface area contributed by atoms with Crippen LogP contribution in [-0.4, -0.2) is 67.2 Å². The van der Waals surface area contributed by atoms with Gasteiger partial charge in [0, 0.05) is 20.6 Å². The molecule has 0 spiro atoms. The number of nitrogens with zero attached hydrogens (tertiary/aromatic N) is 5. The van der Waals surface area contributed by atoms with Crippen molar-refractivity contribution < 1.29 is 4.74 Å². The van der Waals surface area contributed by atoms with Gasteiger partial charge in [-0.2, -0.15) is 15.0 Å². The standard InChI is InChI=1S/C13H26N6O/c1-10(2)20-13-16-11(14-3)15-12(17-13)19(6)9-7-8-18(4)5/h10H,7-9H2,1-6H3,(H,14,15,16,17). The Morgan fingerprint density at radius 1 is 1.10 bits per heavy atom. The molecule has 0 saturated heterocycles. The summed E-state index contributed by atoms with van der Waals surface area (Å²) in [4.78, 5) is 17.1. The molecule has 0 aliphatic rings. The molecule has 20 heavy (non-hydrogen) atoms. The van der Waals surface area contributed by atoms with E-state index < -0.39 is 0 Å². The first-order chi connectivity index (χ1) is 9.42. The van der Waals surface area contributed by atoms with Crippen molar-refractivity contribution in [2.24, 2.45) is 0 Å². The van der Waals surface area contributed by atoms with Crippen molar-refractivity contribution in [1.82, 2.24) is 19.9 Å². The Balaban J connectivity index is 2.76. The summed E-state index contributed by atoms with van der Waals surface area (Å²) in [6, 6.07) is 0.355. The summed E-state index contributed by atoms with van der Waals surface area (Å²) in [6.45, 7) is 5.81. The molecule has 0 bridgehead atoms. The maximum absolute atomic E-state index is 5.55. The van der Waals surface area contributed by atoms with Crippen LogP contribution in [-0.2, 0) is 0 Å². The van der Waals surface area contributed by atoms with Crippen molar-refractivity contribution >= 4 is 11.9 Å². The Morgan fingerprint density at radius 3 is 2.35 bits per heavy atom. The number of nitrogens with one attached hydrogen (secondary N) is 1. The van der Waals surface area contributed by atoms with Crippen LogP contribution in [0.3, 0.4) is 0 Å². The number of anilines is 2. The van der Waals surface area contributed by atoms with Crippen molar-refractivity contribution in [2.45, 2.75) is 26.4 Å². The highest BCUT2D eigenvalue weighted by molar-refractivity contribution is 5.37. The van der Waals surface area contributed by atoms with Crippen molar-refractivity contribution in [3.63, 3.8) is 0 Å². The highest BCUT2D eigenvalue weighted by atomic mass is 16.5. The van der Waals surface area contributed by atoms with E-state index in [0.717, 1.165) is 19.5 Å². The fourth-order valence-electron chi connectivity index (χ4n) is 1.62. The molecule has 0 aromatic carbocycles. The first kappa shape index (κ1) is 16.4. The van der Waals surface area contributed by atoms with E-state index in [0.29, 0.717) is 17.9 Å². The first-order valence-electron chi connectivity index (χ1n) is 6.88. The molecule has 7 heteroatoms. The maximum Gasteiger partial charge on any atom is 0.323 e. The molecule has 0 radical (unpaired) electrons.